The van der Waals surface area contributed by atoms with Crippen molar-refractivity contribution in [3.8, 4) is 6.07 Å². The van der Waals surface area contributed by atoms with Crippen molar-refractivity contribution in [3.05, 3.63) is 5.82 Å². The number of hydrogen-bond acceptors (Lipinski definition) is 7. The molecule has 1 atom stereocenters. The first kappa shape index (κ1) is 16.3. The van der Waals surface area contributed by atoms with E-state index in [2.05, 4.69) is 20.3 Å². The molecule has 0 aromatic carbocycles. The summed E-state index contributed by atoms with van der Waals surface area (Å²) in [5.74, 6) is 0.153. The minimum atomic E-state index is -0.680. The molecule has 100 valence electrons. The summed E-state index contributed by atoms with van der Waals surface area (Å²) < 4.78 is 6.05. The third kappa shape index (κ3) is 4.65. The summed E-state index contributed by atoms with van der Waals surface area (Å²) in [5, 5.41) is 19.5. The zero-order valence-corrected chi connectivity index (χ0v) is 10.8. The van der Waals surface area contributed by atoms with Crippen molar-refractivity contribution in [2.75, 3.05) is 7.11 Å². The van der Waals surface area contributed by atoms with Crippen LogP contribution in [-0.2, 0) is 22.5 Å². The Bertz CT molecular complexity index is 415. The summed E-state index contributed by atoms with van der Waals surface area (Å²) in [4.78, 5) is 11.1. The number of nitrogens with zero attached hydrogens (tertiary/aromatic N) is 5. The molecule has 0 unspecified atom stereocenters. The minimum absolute atomic E-state index is 0. The Kier molecular flexibility index (Phi) is 7.58. The highest BCUT2D eigenvalue weighted by Crippen LogP contribution is 2.02. The summed E-state index contributed by atoms with van der Waals surface area (Å²) in [6, 6.07) is 1.33. The van der Waals surface area contributed by atoms with E-state index in [9.17, 15) is 4.79 Å². The SMILES string of the molecule is COC(=O)[C@@H](N)CCc1nnnn1CCC#N.Cl. The number of nitrogens with two attached hydrogens (primary N) is 1. The first-order valence-electron chi connectivity index (χ1n) is 5.14. The average Bonchev–Trinajstić information content (AvgIpc) is 2.79. The number of nitriles is 1. The molecule has 0 saturated heterocycles. The maximum atomic E-state index is 11.1. The van der Waals surface area contributed by atoms with Gasteiger partial charge in [-0.05, 0) is 16.8 Å². The van der Waals surface area contributed by atoms with Crippen LogP contribution in [0.4, 0.5) is 0 Å². The highest BCUT2D eigenvalue weighted by Gasteiger charge is 2.15. The Morgan fingerprint density at radius 2 is 2.39 bits per heavy atom. The third-order valence-corrected chi connectivity index (χ3v) is 2.22. The van der Waals surface area contributed by atoms with Crippen LogP contribution in [0.5, 0.6) is 0 Å². The number of esters is 1. The monoisotopic (exact) mass is 274 g/mol. The summed E-state index contributed by atoms with van der Waals surface area (Å²) in [6.45, 7) is 0.437. The van der Waals surface area contributed by atoms with Gasteiger partial charge in [-0.1, -0.05) is 0 Å². The lowest BCUT2D eigenvalue weighted by atomic mass is 10.1. The Morgan fingerprint density at radius 1 is 1.67 bits per heavy atom. The molecule has 0 radical (unpaired) electrons. The van der Waals surface area contributed by atoms with Gasteiger partial charge in [-0.25, -0.2) is 4.68 Å². The number of aromatic nitrogens is 4. The molecule has 2 N–H and O–H groups in total. The van der Waals surface area contributed by atoms with Gasteiger partial charge < -0.3 is 10.5 Å². The van der Waals surface area contributed by atoms with Crippen LogP contribution >= 0.6 is 12.4 Å². The van der Waals surface area contributed by atoms with Crippen LogP contribution < -0.4 is 5.73 Å². The Balaban J connectivity index is 0.00000289. The van der Waals surface area contributed by atoms with E-state index < -0.39 is 12.0 Å². The maximum absolute atomic E-state index is 11.1. The average molecular weight is 275 g/mol. The maximum Gasteiger partial charge on any atom is 0.322 e. The lowest BCUT2D eigenvalue weighted by Crippen LogP contribution is -2.32. The van der Waals surface area contributed by atoms with E-state index >= 15 is 0 Å². The second-order valence-corrected chi connectivity index (χ2v) is 3.39. The zero-order valence-electron chi connectivity index (χ0n) is 9.94. The lowest BCUT2D eigenvalue weighted by molar-refractivity contribution is -0.142. The highest BCUT2D eigenvalue weighted by atomic mass is 35.5. The van der Waals surface area contributed by atoms with Crippen molar-refractivity contribution in [1.29, 1.82) is 5.26 Å². The first-order chi connectivity index (χ1) is 8.19. The normalized spacial score (nSPS) is 11.2. The molecule has 9 heteroatoms. The van der Waals surface area contributed by atoms with E-state index in [1.807, 2.05) is 6.07 Å². The molecule has 1 aromatic rings. The number of carbonyl (C=O) groups is 1. The van der Waals surface area contributed by atoms with Crippen molar-refractivity contribution in [2.24, 2.45) is 5.73 Å². The number of methoxy groups -OCH3 is 1. The lowest BCUT2D eigenvalue weighted by Gasteiger charge is -2.08. The highest BCUT2D eigenvalue weighted by molar-refractivity contribution is 5.85. The zero-order chi connectivity index (χ0) is 12.7. The number of aryl methyl sites for hydroxylation is 2. The van der Waals surface area contributed by atoms with Crippen LogP contribution in [0.15, 0.2) is 0 Å². The van der Waals surface area contributed by atoms with Gasteiger partial charge >= 0.3 is 5.97 Å². The number of hydrogen-bond donors (Lipinski definition) is 1. The Morgan fingerprint density at radius 3 is 3.00 bits per heavy atom. The van der Waals surface area contributed by atoms with Gasteiger partial charge in [0.2, 0.25) is 0 Å². The predicted octanol–water partition coefficient (Wildman–Crippen LogP) is -0.559. The molecular formula is C9H15ClN6O2. The number of rotatable bonds is 6. The molecule has 0 spiro atoms. The van der Waals surface area contributed by atoms with Crippen molar-refractivity contribution >= 4 is 18.4 Å². The van der Waals surface area contributed by atoms with E-state index in [0.29, 0.717) is 31.6 Å². The standard InChI is InChI=1S/C9H14N6O2.ClH/c1-17-9(16)7(11)3-4-8-12-13-14-15(8)6-2-5-10;/h7H,2-4,6,11H2,1H3;1H/t7-;/m0./s1. The molecule has 0 bridgehead atoms. The number of tetrazole rings is 1. The topological polar surface area (TPSA) is 120 Å². The van der Waals surface area contributed by atoms with Crippen LogP contribution in [0.1, 0.15) is 18.7 Å². The van der Waals surface area contributed by atoms with Crippen LogP contribution in [0.2, 0.25) is 0 Å². The van der Waals surface area contributed by atoms with Crippen LogP contribution in [0.3, 0.4) is 0 Å². The van der Waals surface area contributed by atoms with Gasteiger partial charge in [0, 0.05) is 6.42 Å². The molecule has 1 aromatic heterocycles. The van der Waals surface area contributed by atoms with Gasteiger partial charge in [0.1, 0.15) is 6.04 Å². The first-order valence-corrected chi connectivity index (χ1v) is 5.14. The molecule has 0 aliphatic rings. The van der Waals surface area contributed by atoms with E-state index in [-0.39, 0.29) is 12.4 Å². The molecule has 1 heterocycles. The summed E-state index contributed by atoms with van der Waals surface area (Å²) in [6.07, 6.45) is 1.20. The van der Waals surface area contributed by atoms with Crippen molar-refractivity contribution in [1.82, 2.24) is 20.2 Å². The third-order valence-electron chi connectivity index (χ3n) is 2.22. The molecule has 1 rings (SSSR count). The van der Waals surface area contributed by atoms with E-state index in [0.717, 1.165) is 0 Å². The number of halogens is 1. The molecule has 0 saturated carbocycles. The largest absolute Gasteiger partial charge is 0.468 e. The molecule has 0 aliphatic carbocycles. The minimum Gasteiger partial charge on any atom is -0.468 e. The van der Waals surface area contributed by atoms with Crippen LogP contribution in [0.25, 0.3) is 0 Å². The number of ether oxygens (including phenoxy) is 1. The second-order valence-electron chi connectivity index (χ2n) is 3.39. The summed E-state index contributed by atoms with van der Waals surface area (Å²) in [7, 11) is 1.29. The van der Waals surface area contributed by atoms with Crippen LogP contribution in [0, 0.1) is 11.3 Å². The van der Waals surface area contributed by atoms with Crippen molar-refractivity contribution < 1.29 is 9.53 Å². The van der Waals surface area contributed by atoms with Gasteiger partial charge in [0.15, 0.2) is 5.82 Å². The van der Waals surface area contributed by atoms with Crippen LogP contribution in [-0.4, -0.2) is 39.3 Å². The Labute approximate surface area is 110 Å². The van der Waals surface area contributed by atoms with Gasteiger partial charge in [-0.2, -0.15) is 5.26 Å². The fourth-order valence-electron chi connectivity index (χ4n) is 1.29. The van der Waals surface area contributed by atoms with Crippen molar-refractivity contribution in [3.63, 3.8) is 0 Å². The van der Waals surface area contributed by atoms with E-state index in [1.165, 1.54) is 11.8 Å². The fraction of sp³-hybridized carbons (Fsp3) is 0.667. The molecule has 0 fully saturated rings. The number of carbonyl (C=O) groups excluding carboxylic acids is 1. The smallest absolute Gasteiger partial charge is 0.322 e. The predicted molar refractivity (Wildman–Crippen MR) is 63.6 cm³/mol. The quantitative estimate of drug-likeness (QED) is 0.690. The van der Waals surface area contributed by atoms with Gasteiger partial charge in [0.25, 0.3) is 0 Å². The van der Waals surface area contributed by atoms with Crippen molar-refractivity contribution in [2.45, 2.75) is 31.8 Å². The van der Waals surface area contributed by atoms with Gasteiger partial charge in [-0.3, -0.25) is 4.79 Å². The molecule has 0 aliphatic heterocycles. The van der Waals surface area contributed by atoms with E-state index in [4.69, 9.17) is 11.0 Å². The van der Waals surface area contributed by atoms with Gasteiger partial charge in [0.05, 0.1) is 26.1 Å². The molecule has 18 heavy (non-hydrogen) atoms. The van der Waals surface area contributed by atoms with Gasteiger partial charge in [-0.15, -0.1) is 17.5 Å². The summed E-state index contributed by atoms with van der Waals surface area (Å²) in [5.41, 5.74) is 5.59. The second kappa shape index (κ2) is 8.38. The molecule has 8 nitrogen and oxygen atoms in total. The summed E-state index contributed by atoms with van der Waals surface area (Å²) >= 11 is 0. The molecular weight excluding hydrogens is 260 g/mol. The molecule has 0 amide bonds. The Hall–Kier alpha value is -1.72. The fourth-order valence-corrected chi connectivity index (χ4v) is 1.29. The van der Waals surface area contributed by atoms with E-state index in [1.54, 1.807) is 0 Å².